The zero-order valence-corrected chi connectivity index (χ0v) is 15.9. The van der Waals surface area contributed by atoms with E-state index >= 15 is 0 Å². The highest BCUT2D eigenvalue weighted by Crippen LogP contribution is 2.33. The molecule has 0 saturated carbocycles. The van der Waals surface area contributed by atoms with Gasteiger partial charge in [-0.1, -0.05) is 12.1 Å². The summed E-state index contributed by atoms with van der Waals surface area (Å²) in [7, 11) is 0. The Bertz CT molecular complexity index is 1160. The van der Waals surface area contributed by atoms with Crippen LogP contribution in [0, 0.1) is 12.8 Å². The molecule has 0 radical (unpaired) electrons. The fourth-order valence-electron chi connectivity index (χ4n) is 4.15. The lowest BCUT2D eigenvalue weighted by molar-refractivity contribution is -0.132. The van der Waals surface area contributed by atoms with Crippen molar-refractivity contribution >= 4 is 22.6 Å². The maximum absolute atomic E-state index is 12.8. The number of hydrogen-bond acceptors (Lipinski definition) is 5. The fourth-order valence-corrected chi connectivity index (χ4v) is 4.15. The molecule has 1 saturated heterocycles. The lowest BCUT2D eigenvalue weighted by Gasteiger charge is -2.36. The van der Waals surface area contributed by atoms with Crippen LogP contribution in [0.3, 0.4) is 0 Å². The molecule has 1 aliphatic rings. The van der Waals surface area contributed by atoms with Crippen LogP contribution in [0.5, 0.6) is 0 Å². The van der Waals surface area contributed by atoms with Crippen LogP contribution in [0.4, 0.5) is 0 Å². The van der Waals surface area contributed by atoms with Gasteiger partial charge in [-0.2, -0.15) is 0 Å². The van der Waals surface area contributed by atoms with E-state index in [2.05, 4.69) is 26.4 Å². The van der Waals surface area contributed by atoms with Crippen molar-refractivity contribution in [2.75, 3.05) is 13.1 Å². The number of hydrogen-bond donors (Lipinski definition) is 1. The summed E-state index contributed by atoms with van der Waals surface area (Å²) in [5.41, 5.74) is 3.61. The summed E-state index contributed by atoms with van der Waals surface area (Å²) in [5.74, 6) is 2.27. The van der Waals surface area contributed by atoms with Gasteiger partial charge in [0.1, 0.15) is 11.6 Å². The molecular weight excluding hydrogens is 356 g/mol. The third kappa shape index (κ3) is 2.76. The number of aromatic amines is 1. The molecule has 5 rings (SSSR count). The SMILES string of the molecule is Cc1cc(CC(=O)N2CC[C@@H](C)[C@@H](c3ncc4cnc5[nH]ccc5n34)C2)on1. The third-order valence-electron chi connectivity index (χ3n) is 5.73. The number of aryl methyl sites for hydroxylation is 1. The van der Waals surface area contributed by atoms with Gasteiger partial charge in [-0.05, 0) is 25.3 Å². The number of imidazole rings is 1. The molecule has 1 aliphatic heterocycles. The average molecular weight is 378 g/mol. The van der Waals surface area contributed by atoms with Gasteiger partial charge in [0, 0.05) is 31.3 Å². The van der Waals surface area contributed by atoms with Gasteiger partial charge in [-0.3, -0.25) is 9.20 Å². The predicted octanol–water partition coefficient (Wildman–Crippen LogP) is 2.70. The number of fused-ring (bicyclic) bond motifs is 3. The average Bonchev–Trinajstić information content (AvgIpc) is 3.40. The zero-order chi connectivity index (χ0) is 19.3. The summed E-state index contributed by atoms with van der Waals surface area (Å²) in [6.45, 7) is 5.51. The van der Waals surface area contributed by atoms with Crippen LogP contribution in [0.2, 0.25) is 0 Å². The van der Waals surface area contributed by atoms with Crippen molar-refractivity contribution in [1.29, 1.82) is 0 Å². The Balaban J connectivity index is 1.45. The summed E-state index contributed by atoms with van der Waals surface area (Å²) in [6.07, 6.45) is 6.77. The van der Waals surface area contributed by atoms with Crippen LogP contribution < -0.4 is 0 Å². The Morgan fingerprint density at radius 3 is 3.04 bits per heavy atom. The van der Waals surface area contributed by atoms with Crippen LogP contribution in [0.25, 0.3) is 16.7 Å². The molecule has 4 aromatic rings. The van der Waals surface area contributed by atoms with E-state index in [1.165, 1.54) is 0 Å². The Hall–Kier alpha value is -3.16. The molecule has 1 fully saturated rings. The summed E-state index contributed by atoms with van der Waals surface area (Å²) in [6, 6.07) is 3.84. The number of likely N-dealkylation sites (tertiary alicyclic amines) is 1. The monoisotopic (exact) mass is 378 g/mol. The molecule has 8 heteroatoms. The Morgan fingerprint density at radius 1 is 1.36 bits per heavy atom. The minimum absolute atomic E-state index is 0.0716. The van der Waals surface area contributed by atoms with Gasteiger partial charge in [0.15, 0.2) is 5.65 Å². The van der Waals surface area contributed by atoms with E-state index in [4.69, 9.17) is 9.51 Å². The van der Waals surface area contributed by atoms with Crippen LogP contribution in [0.15, 0.2) is 35.2 Å². The van der Waals surface area contributed by atoms with Crippen LogP contribution in [0.1, 0.15) is 36.5 Å². The summed E-state index contributed by atoms with van der Waals surface area (Å²) >= 11 is 0. The Kier molecular flexibility index (Phi) is 3.92. The van der Waals surface area contributed by atoms with Gasteiger partial charge >= 0.3 is 0 Å². The molecule has 2 atom stereocenters. The second-order valence-corrected chi connectivity index (χ2v) is 7.67. The first kappa shape index (κ1) is 17.0. The quantitative estimate of drug-likeness (QED) is 0.592. The van der Waals surface area contributed by atoms with E-state index in [9.17, 15) is 4.79 Å². The van der Waals surface area contributed by atoms with E-state index in [0.29, 0.717) is 18.2 Å². The Labute approximate surface area is 161 Å². The molecule has 8 nitrogen and oxygen atoms in total. The molecule has 0 bridgehead atoms. The molecule has 28 heavy (non-hydrogen) atoms. The third-order valence-corrected chi connectivity index (χ3v) is 5.73. The van der Waals surface area contributed by atoms with Gasteiger partial charge in [0.25, 0.3) is 0 Å². The number of carbonyl (C=O) groups is 1. The molecule has 144 valence electrons. The highest BCUT2D eigenvalue weighted by Gasteiger charge is 2.33. The molecular formula is C20H22N6O2. The molecule has 5 heterocycles. The maximum atomic E-state index is 12.8. The standard InChI is InChI=1S/C20H22N6O2/c1-12-4-6-25(18(27)8-15-7-13(2)24-28-15)11-16(12)20-23-10-14-9-22-19-17(26(14)20)3-5-21-19/h3,5,7,9-10,12,16,21H,4,6,8,11H2,1-2H3/t12-,16+/m1/s1. The number of amides is 1. The first-order valence-corrected chi connectivity index (χ1v) is 9.59. The lowest BCUT2D eigenvalue weighted by Crippen LogP contribution is -2.43. The first-order valence-electron chi connectivity index (χ1n) is 9.59. The largest absolute Gasteiger partial charge is 0.361 e. The van der Waals surface area contributed by atoms with Crippen LogP contribution in [-0.2, 0) is 11.2 Å². The topological polar surface area (TPSA) is 92.3 Å². The van der Waals surface area contributed by atoms with Crippen molar-refractivity contribution < 1.29 is 9.32 Å². The summed E-state index contributed by atoms with van der Waals surface area (Å²) < 4.78 is 7.38. The molecule has 0 aromatic carbocycles. The van der Waals surface area contributed by atoms with E-state index in [-0.39, 0.29) is 18.2 Å². The van der Waals surface area contributed by atoms with E-state index in [1.807, 2.05) is 42.5 Å². The van der Waals surface area contributed by atoms with Crippen molar-refractivity contribution in [3.8, 4) is 0 Å². The first-order chi connectivity index (χ1) is 13.6. The second kappa shape index (κ2) is 6.47. The molecule has 0 unspecified atom stereocenters. The number of nitrogens with zero attached hydrogens (tertiary/aromatic N) is 5. The smallest absolute Gasteiger partial charge is 0.230 e. The summed E-state index contributed by atoms with van der Waals surface area (Å²) in [4.78, 5) is 27.1. The number of H-pyrrole nitrogens is 1. The number of carbonyl (C=O) groups excluding carboxylic acids is 1. The molecule has 1 amide bonds. The molecule has 0 aliphatic carbocycles. The molecule has 4 aromatic heterocycles. The van der Waals surface area contributed by atoms with Gasteiger partial charge < -0.3 is 14.4 Å². The maximum Gasteiger partial charge on any atom is 0.230 e. The number of piperidine rings is 1. The van der Waals surface area contributed by atoms with Crippen molar-refractivity contribution in [1.82, 2.24) is 29.4 Å². The fraction of sp³-hybridized carbons (Fsp3) is 0.400. The zero-order valence-electron chi connectivity index (χ0n) is 15.9. The van der Waals surface area contributed by atoms with Crippen molar-refractivity contribution in [2.45, 2.75) is 32.6 Å². The van der Waals surface area contributed by atoms with Crippen molar-refractivity contribution in [3.63, 3.8) is 0 Å². The summed E-state index contributed by atoms with van der Waals surface area (Å²) in [5, 5.41) is 3.87. The van der Waals surface area contributed by atoms with E-state index < -0.39 is 0 Å². The van der Waals surface area contributed by atoms with Crippen LogP contribution >= 0.6 is 0 Å². The van der Waals surface area contributed by atoms with Crippen LogP contribution in [-0.4, -0.2) is 48.4 Å². The second-order valence-electron chi connectivity index (χ2n) is 7.67. The van der Waals surface area contributed by atoms with Crippen molar-refractivity contribution in [2.24, 2.45) is 5.92 Å². The number of nitrogens with one attached hydrogen (secondary N) is 1. The van der Waals surface area contributed by atoms with Gasteiger partial charge in [0.05, 0.1) is 35.5 Å². The van der Waals surface area contributed by atoms with Gasteiger partial charge in [-0.25, -0.2) is 9.97 Å². The minimum Gasteiger partial charge on any atom is -0.361 e. The highest BCUT2D eigenvalue weighted by atomic mass is 16.5. The predicted molar refractivity (Wildman–Crippen MR) is 103 cm³/mol. The van der Waals surface area contributed by atoms with E-state index in [0.717, 1.165) is 41.2 Å². The number of rotatable bonds is 3. The normalized spacial score (nSPS) is 20.3. The van der Waals surface area contributed by atoms with Crippen molar-refractivity contribution in [3.05, 3.63) is 48.0 Å². The highest BCUT2D eigenvalue weighted by molar-refractivity contribution is 5.78. The Morgan fingerprint density at radius 2 is 2.21 bits per heavy atom. The number of aromatic nitrogens is 5. The lowest BCUT2D eigenvalue weighted by atomic mass is 9.86. The minimum atomic E-state index is 0.0716. The van der Waals surface area contributed by atoms with Gasteiger partial charge in [-0.15, -0.1) is 0 Å². The molecule has 1 N–H and O–H groups in total. The van der Waals surface area contributed by atoms with Gasteiger partial charge in [0.2, 0.25) is 5.91 Å². The van der Waals surface area contributed by atoms with E-state index in [1.54, 1.807) is 0 Å². The molecule has 0 spiro atoms.